The molecule has 0 unspecified atom stereocenters. The van der Waals surface area contributed by atoms with Crippen molar-refractivity contribution in [3.8, 4) is 0 Å². The predicted molar refractivity (Wildman–Crippen MR) is 79.3 cm³/mol. The zero-order valence-corrected chi connectivity index (χ0v) is 12.7. The number of nitrogens with one attached hydrogen (secondary N) is 1. The normalized spacial score (nSPS) is 20.1. The van der Waals surface area contributed by atoms with Crippen LogP contribution in [-0.2, 0) is 14.6 Å². The lowest BCUT2D eigenvalue weighted by molar-refractivity contribution is -0.119. The van der Waals surface area contributed by atoms with E-state index in [1.165, 1.54) is 6.07 Å². The van der Waals surface area contributed by atoms with Gasteiger partial charge in [-0.05, 0) is 18.6 Å². The number of benzene rings is 1. The Labute approximate surface area is 126 Å². The molecular weight excluding hydrogens is 314 g/mol. The molecule has 6 nitrogen and oxygen atoms in total. The Kier molecular flexibility index (Phi) is 4.89. The van der Waals surface area contributed by atoms with Crippen LogP contribution in [0.5, 0.6) is 0 Å². The van der Waals surface area contributed by atoms with Gasteiger partial charge in [0.05, 0.1) is 22.8 Å². The largest absolute Gasteiger partial charge is 0.478 e. The van der Waals surface area contributed by atoms with Gasteiger partial charge in [0, 0.05) is 10.9 Å². The summed E-state index contributed by atoms with van der Waals surface area (Å²) in [6, 6.07) is 6.11. The summed E-state index contributed by atoms with van der Waals surface area (Å²) in [7, 11) is -3.03. The molecule has 1 saturated heterocycles. The summed E-state index contributed by atoms with van der Waals surface area (Å²) < 4.78 is 22.6. The van der Waals surface area contributed by atoms with E-state index in [0.717, 1.165) is 11.8 Å². The van der Waals surface area contributed by atoms with Gasteiger partial charge in [-0.2, -0.15) is 0 Å². The van der Waals surface area contributed by atoms with Crippen LogP contribution in [0.1, 0.15) is 16.8 Å². The highest BCUT2D eigenvalue weighted by atomic mass is 32.2. The van der Waals surface area contributed by atoms with E-state index in [2.05, 4.69) is 5.32 Å². The van der Waals surface area contributed by atoms with Gasteiger partial charge < -0.3 is 10.4 Å². The first-order valence-corrected chi connectivity index (χ1v) is 9.13. The van der Waals surface area contributed by atoms with Crippen LogP contribution in [0.15, 0.2) is 29.2 Å². The fourth-order valence-electron chi connectivity index (χ4n) is 2.09. The standard InChI is InChI=1S/C13H15NO5S2/c15-12(14-9-5-6-21(18,19)8-9)7-20-11-4-2-1-3-10(11)13(16)17/h1-4,9H,5-8H2,(H,14,15)(H,16,17)/t9-/m1/s1. The average molecular weight is 329 g/mol. The number of thioether (sulfide) groups is 1. The van der Waals surface area contributed by atoms with Crippen molar-refractivity contribution in [1.29, 1.82) is 0 Å². The summed E-state index contributed by atoms with van der Waals surface area (Å²) in [6.45, 7) is 0. The van der Waals surface area contributed by atoms with Crippen LogP contribution in [-0.4, -0.2) is 48.7 Å². The summed E-state index contributed by atoms with van der Waals surface area (Å²) in [4.78, 5) is 23.3. The fourth-order valence-corrected chi connectivity index (χ4v) is 4.62. The summed E-state index contributed by atoms with van der Waals surface area (Å²) in [5.74, 6) is -1.19. The summed E-state index contributed by atoms with van der Waals surface area (Å²) >= 11 is 1.12. The molecule has 0 aromatic heterocycles. The summed E-state index contributed by atoms with van der Waals surface area (Å²) in [6.07, 6.45) is 0.435. The summed E-state index contributed by atoms with van der Waals surface area (Å²) in [5, 5.41) is 11.7. The first kappa shape index (κ1) is 15.8. The maximum Gasteiger partial charge on any atom is 0.336 e. The lowest BCUT2D eigenvalue weighted by Gasteiger charge is -2.11. The van der Waals surface area contributed by atoms with Crippen LogP contribution >= 0.6 is 11.8 Å². The van der Waals surface area contributed by atoms with Gasteiger partial charge in [-0.1, -0.05) is 12.1 Å². The van der Waals surface area contributed by atoms with Crippen LogP contribution < -0.4 is 5.32 Å². The van der Waals surface area contributed by atoms with E-state index in [9.17, 15) is 18.0 Å². The third-order valence-corrected chi connectivity index (χ3v) is 5.92. The quantitative estimate of drug-likeness (QED) is 0.774. The molecule has 21 heavy (non-hydrogen) atoms. The second-order valence-electron chi connectivity index (χ2n) is 4.76. The molecule has 1 aromatic rings. The van der Waals surface area contributed by atoms with Gasteiger partial charge in [0.25, 0.3) is 0 Å². The monoisotopic (exact) mass is 329 g/mol. The zero-order chi connectivity index (χ0) is 15.5. The molecule has 1 amide bonds. The topological polar surface area (TPSA) is 101 Å². The molecule has 8 heteroatoms. The fraction of sp³-hybridized carbons (Fsp3) is 0.385. The van der Waals surface area contributed by atoms with Crippen molar-refractivity contribution in [3.05, 3.63) is 29.8 Å². The van der Waals surface area contributed by atoms with E-state index in [0.29, 0.717) is 11.3 Å². The van der Waals surface area contributed by atoms with Crippen LogP contribution in [0.2, 0.25) is 0 Å². The molecule has 0 radical (unpaired) electrons. The van der Waals surface area contributed by atoms with Crippen LogP contribution in [0.3, 0.4) is 0 Å². The molecule has 0 saturated carbocycles. The number of carbonyl (C=O) groups excluding carboxylic acids is 1. The Balaban J connectivity index is 1.89. The number of hydrogen-bond donors (Lipinski definition) is 2. The average Bonchev–Trinajstić information content (AvgIpc) is 2.75. The first-order valence-electron chi connectivity index (χ1n) is 6.32. The van der Waals surface area contributed by atoms with Gasteiger partial charge in [-0.3, -0.25) is 4.79 Å². The Hall–Kier alpha value is -1.54. The molecule has 0 aliphatic carbocycles. The van der Waals surface area contributed by atoms with Crippen molar-refractivity contribution < 1.29 is 23.1 Å². The Morgan fingerprint density at radius 2 is 2.05 bits per heavy atom. The van der Waals surface area contributed by atoms with Gasteiger partial charge in [-0.25, -0.2) is 13.2 Å². The third-order valence-electron chi connectivity index (χ3n) is 3.07. The highest BCUT2D eigenvalue weighted by Gasteiger charge is 2.28. The number of aromatic carboxylic acids is 1. The van der Waals surface area contributed by atoms with E-state index < -0.39 is 15.8 Å². The number of carboxylic acid groups (broad SMARTS) is 1. The number of amides is 1. The molecule has 1 atom stereocenters. The minimum atomic E-state index is -3.03. The number of carboxylic acids is 1. The van der Waals surface area contributed by atoms with Gasteiger partial charge in [0.2, 0.25) is 5.91 Å². The predicted octanol–water partition coefficient (Wildman–Crippen LogP) is 0.780. The van der Waals surface area contributed by atoms with Crippen LogP contribution in [0.4, 0.5) is 0 Å². The minimum Gasteiger partial charge on any atom is -0.478 e. The number of sulfone groups is 1. The molecule has 0 spiro atoms. The summed E-state index contributed by atoms with van der Waals surface area (Å²) in [5.41, 5.74) is 0.152. The van der Waals surface area contributed by atoms with Gasteiger partial charge >= 0.3 is 5.97 Å². The smallest absolute Gasteiger partial charge is 0.336 e. The number of rotatable bonds is 5. The Morgan fingerprint density at radius 1 is 1.33 bits per heavy atom. The van der Waals surface area contributed by atoms with Gasteiger partial charge in [-0.15, -0.1) is 11.8 Å². The van der Waals surface area contributed by atoms with Crippen molar-refractivity contribution in [2.75, 3.05) is 17.3 Å². The number of hydrogen-bond acceptors (Lipinski definition) is 5. The van der Waals surface area contributed by atoms with E-state index in [1.807, 2.05) is 0 Å². The molecule has 114 valence electrons. The highest BCUT2D eigenvalue weighted by molar-refractivity contribution is 8.00. The minimum absolute atomic E-state index is 0.0187. The van der Waals surface area contributed by atoms with E-state index in [1.54, 1.807) is 18.2 Å². The van der Waals surface area contributed by atoms with Gasteiger partial charge in [0.1, 0.15) is 0 Å². The molecular formula is C13H15NO5S2. The van der Waals surface area contributed by atoms with Crippen molar-refractivity contribution in [2.45, 2.75) is 17.4 Å². The van der Waals surface area contributed by atoms with Crippen LogP contribution in [0, 0.1) is 0 Å². The molecule has 1 aliphatic rings. The van der Waals surface area contributed by atoms with Crippen molar-refractivity contribution in [3.63, 3.8) is 0 Å². The Morgan fingerprint density at radius 3 is 2.67 bits per heavy atom. The van der Waals surface area contributed by atoms with E-state index in [-0.39, 0.29) is 34.8 Å². The second-order valence-corrected chi connectivity index (χ2v) is 8.00. The van der Waals surface area contributed by atoms with E-state index in [4.69, 9.17) is 5.11 Å². The third kappa shape index (κ3) is 4.47. The number of carbonyl (C=O) groups is 2. The molecule has 0 bridgehead atoms. The van der Waals surface area contributed by atoms with Crippen molar-refractivity contribution in [2.24, 2.45) is 0 Å². The molecule has 1 aliphatic heterocycles. The maximum atomic E-state index is 11.8. The molecule has 1 fully saturated rings. The Bertz CT molecular complexity index is 656. The zero-order valence-electron chi connectivity index (χ0n) is 11.1. The first-order chi connectivity index (χ1) is 9.87. The molecule has 2 N–H and O–H groups in total. The van der Waals surface area contributed by atoms with Crippen LogP contribution in [0.25, 0.3) is 0 Å². The van der Waals surface area contributed by atoms with Gasteiger partial charge in [0.15, 0.2) is 9.84 Å². The second kappa shape index (κ2) is 6.48. The van der Waals surface area contributed by atoms with Crippen molar-refractivity contribution >= 4 is 33.5 Å². The highest BCUT2D eigenvalue weighted by Crippen LogP contribution is 2.22. The molecule has 1 heterocycles. The maximum absolute atomic E-state index is 11.8. The lowest BCUT2D eigenvalue weighted by atomic mass is 10.2. The van der Waals surface area contributed by atoms with Crippen molar-refractivity contribution in [1.82, 2.24) is 5.32 Å². The lowest BCUT2D eigenvalue weighted by Crippen LogP contribution is -2.36. The SMILES string of the molecule is O=C(CSc1ccccc1C(=O)O)N[C@@H]1CCS(=O)(=O)C1. The molecule has 2 rings (SSSR count). The molecule has 1 aromatic carbocycles. The van der Waals surface area contributed by atoms with E-state index >= 15 is 0 Å².